The number of esters is 2. The van der Waals surface area contributed by atoms with Crippen molar-refractivity contribution in [3.63, 3.8) is 0 Å². The number of para-hydroxylation sites is 1. The van der Waals surface area contributed by atoms with Gasteiger partial charge in [-0.2, -0.15) is 0 Å². The third kappa shape index (κ3) is 2.53. The van der Waals surface area contributed by atoms with E-state index in [1.54, 1.807) is 0 Å². The van der Waals surface area contributed by atoms with E-state index in [-0.39, 0.29) is 5.92 Å². The molecule has 1 aromatic carbocycles. The summed E-state index contributed by atoms with van der Waals surface area (Å²) in [5.74, 6) is -0.884. The van der Waals surface area contributed by atoms with Crippen molar-refractivity contribution in [1.29, 1.82) is 0 Å². The predicted molar refractivity (Wildman–Crippen MR) is 95.4 cm³/mol. The number of hydrogen-bond donors (Lipinski definition) is 0. The Morgan fingerprint density at radius 2 is 1.84 bits per heavy atom. The number of ether oxygens (including phenoxy) is 2. The van der Waals surface area contributed by atoms with E-state index >= 15 is 0 Å². The Morgan fingerprint density at radius 1 is 1.20 bits per heavy atom. The molecule has 0 radical (unpaired) electrons. The first-order valence-electron chi connectivity index (χ1n) is 8.73. The third-order valence-electron chi connectivity index (χ3n) is 5.53. The molecule has 0 aliphatic heterocycles. The number of methoxy groups -OCH3 is 2. The van der Waals surface area contributed by atoms with E-state index in [4.69, 9.17) is 9.47 Å². The molecule has 25 heavy (non-hydrogen) atoms. The lowest BCUT2D eigenvalue weighted by atomic mass is 9.67. The molecule has 134 valence electrons. The topological polar surface area (TPSA) is 57.5 Å². The van der Waals surface area contributed by atoms with Crippen LogP contribution in [0.15, 0.2) is 24.3 Å². The van der Waals surface area contributed by atoms with Gasteiger partial charge >= 0.3 is 11.9 Å². The molecule has 0 N–H and O–H groups in total. The molecule has 2 aromatic rings. The van der Waals surface area contributed by atoms with E-state index in [1.165, 1.54) is 25.2 Å². The van der Waals surface area contributed by atoms with E-state index in [2.05, 4.69) is 23.6 Å². The van der Waals surface area contributed by atoms with Crippen LogP contribution in [-0.2, 0) is 32.5 Å². The fraction of sp³-hybridized carbons (Fsp3) is 0.500. The number of carbonyl (C=O) groups excluding carboxylic acids is 2. The van der Waals surface area contributed by atoms with E-state index in [0.717, 1.165) is 24.1 Å². The first-order valence-corrected chi connectivity index (χ1v) is 8.73. The summed E-state index contributed by atoms with van der Waals surface area (Å²) in [6.45, 7) is 2.12. The average molecular weight is 343 g/mol. The van der Waals surface area contributed by atoms with Crippen molar-refractivity contribution in [1.82, 2.24) is 4.57 Å². The Morgan fingerprint density at radius 3 is 2.44 bits per heavy atom. The summed E-state index contributed by atoms with van der Waals surface area (Å²) in [4.78, 5) is 25.3. The summed E-state index contributed by atoms with van der Waals surface area (Å²) >= 11 is 0. The molecule has 0 saturated carbocycles. The van der Waals surface area contributed by atoms with Gasteiger partial charge in [-0.25, -0.2) is 0 Å². The smallest absolute Gasteiger partial charge is 0.323 e. The quantitative estimate of drug-likeness (QED) is 0.631. The second kappa shape index (κ2) is 6.54. The van der Waals surface area contributed by atoms with Crippen molar-refractivity contribution >= 4 is 22.8 Å². The summed E-state index contributed by atoms with van der Waals surface area (Å²) < 4.78 is 12.1. The highest BCUT2D eigenvalue weighted by Crippen LogP contribution is 2.49. The number of benzene rings is 1. The van der Waals surface area contributed by atoms with Crippen LogP contribution in [0.5, 0.6) is 0 Å². The Hall–Kier alpha value is -2.30. The summed E-state index contributed by atoms with van der Waals surface area (Å²) in [5, 5.41) is 1.21. The maximum Gasteiger partial charge on any atom is 0.323 e. The van der Waals surface area contributed by atoms with Crippen LogP contribution in [0, 0.1) is 5.41 Å². The zero-order valence-electron chi connectivity index (χ0n) is 15.3. The summed E-state index contributed by atoms with van der Waals surface area (Å²) in [5.41, 5.74) is 2.16. The van der Waals surface area contributed by atoms with E-state index in [1.807, 2.05) is 19.2 Å². The Kier molecular flexibility index (Phi) is 4.58. The molecule has 0 spiro atoms. The average Bonchev–Trinajstić information content (AvgIpc) is 2.93. The van der Waals surface area contributed by atoms with Gasteiger partial charge in [0.15, 0.2) is 5.41 Å². The molecule has 0 saturated heterocycles. The number of hydrogen-bond acceptors (Lipinski definition) is 4. The molecular formula is C20H25NO4. The minimum absolute atomic E-state index is 0.123. The number of carbonyl (C=O) groups is 2. The molecule has 1 aliphatic rings. The van der Waals surface area contributed by atoms with Crippen LogP contribution in [-0.4, -0.2) is 30.7 Å². The zero-order valence-corrected chi connectivity index (χ0v) is 15.3. The lowest BCUT2D eigenvalue weighted by molar-refractivity contribution is -0.170. The first-order chi connectivity index (χ1) is 12.0. The van der Waals surface area contributed by atoms with E-state index < -0.39 is 17.4 Å². The summed E-state index contributed by atoms with van der Waals surface area (Å²) in [7, 11) is 4.66. The van der Waals surface area contributed by atoms with Crippen LogP contribution in [0.4, 0.5) is 0 Å². The monoisotopic (exact) mass is 343 g/mol. The van der Waals surface area contributed by atoms with Crippen LogP contribution >= 0.6 is 0 Å². The maximum atomic E-state index is 12.6. The molecule has 3 rings (SSSR count). The van der Waals surface area contributed by atoms with Crippen LogP contribution in [0.25, 0.3) is 10.9 Å². The minimum atomic E-state index is -1.27. The van der Waals surface area contributed by atoms with Gasteiger partial charge in [0.25, 0.3) is 0 Å². The van der Waals surface area contributed by atoms with Gasteiger partial charge in [0.2, 0.25) is 0 Å². The molecule has 1 atom stereocenters. The molecule has 1 aromatic heterocycles. The summed E-state index contributed by atoms with van der Waals surface area (Å²) in [6.07, 6.45) is 2.64. The van der Waals surface area contributed by atoms with Gasteiger partial charge in [-0.3, -0.25) is 9.59 Å². The second-order valence-corrected chi connectivity index (χ2v) is 6.87. The highest BCUT2D eigenvalue weighted by Gasteiger charge is 2.54. The van der Waals surface area contributed by atoms with Crippen molar-refractivity contribution < 1.29 is 19.1 Å². The van der Waals surface area contributed by atoms with Crippen LogP contribution < -0.4 is 0 Å². The number of aromatic nitrogens is 1. The standard InChI is InChI=1S/C20H25NO4/c1-5-8-13-11-20(18(22)24-3,19(23)25-4)12-16-17(13)14-9-6-7-10-15(14)21(16)2/h6-7,9-10,13H,5,8,11-12H2,1-4H3. The maximum absolute atomic E-state index is 12.6. The SMILES string of the molecule is CCCC1CC(C(=O)OC)(C(=O)OC)Cc2c1c1ccccc1n2C. The van der Waals surface area contributed by atoms with Gasteiger partial charge in [0.05, 0.1) is 14.2 Å². The number of rotatable bonds is 4. The number of nitrogens with zero attached hydrogens (tertiary/aromatic N) is 1. The largest absolute Gasteiger partial charge is 0.468 e. The molecule has 1 unspecified atom stereocenters. The van der Waals surface area contributed by atoms with Gasteiger partial charge in [-0.05, 0) is 30.4 Å². The van der Waals surface area contributed by atoms with Crippen molar-refractivity contribution in [2.45, 2.75) is 38.5 Å². The Balaban J connectivity index is 2.25. The number of aryl methyl sites for hydroxylation is 1. The Labute approximate surface area is 147 Å². The van der Waals surface area contributed by atoms with E-state index in [9.17, 15) is 9.59 Å². The molecule has 5 heteroatoms. The van der Waals surface area contributed by atoms with Gasteiger partial charge < -0.3 is 14.0 Å². The van der Waals surface area contributed by atoms with Crippen molar-refractivity contribution in [2.75, 3.05) is 14.2 Å². The molecule has 5 nitrogen and oxygen atoms in total. The molecule has 1 aliphatic carbocycles. The minimum Gasteiger partial charge on any atom is -0.468 e. The van der Waals surface area contributed by atoms with Gasteiger partial charge in [0, 0.05) is 30.1 Å². The van der Waals surface area contributed by atoms with E-state index in [0.29, 0.717) is 12.8 Å². The first kappa shape index (κ1) is 17.5. The second-order valence-electron chi connectivity index (χ2n) is 6.87. The van der Waals surface area contributed by atoms with Gasteiger partial charge in [-0.1, -0.05) is 31.5 Å². The number of fused-ring (bicyclic) bond motifs is 3. The fourth-order valence-corrected chi connectivity index (χ4v) is 4.41. The normalized spacial score (nSPS) is 18.6. The fourth-order valence-electron chi connectivity index (χ4n) is 4.41. The van der Waals surface area contributed by atoms with Crippen LogP contribution in [0.1, 0.15) is 43.4 Å². The van der Waals surface area contributed by atoms with Crippen molar-refractivity contribution in [3.05, 3.63) is 35.5 Å². The van der Waals surface area contributed by atoms with Crippen LogP contribution in [0.3, 0.4) is 0 Å². The lowest BCUT2D eigenvalue weighted by Crippen LogP contribution is -2.47. The van der Waals surface area contributed by atoms with Crippen LogP contribution in [0.2, 0.25) is 0 Å². The Bertz CT molecular complexity index is 804. The highest BCUT2D eigenvalue weighted by molar-refractivity contribution is 6.01. The highest BCUT2D eigenvalue weighted by atomic mass is 16.5. The molecular weight excluding hydrogens is 318 g/mol. The molecule has 0 fully saturated rings. The zero-order chi connectivity index (χ0) is 18.2. The molecule has 0 amide bonds. The van der Waals surface area contributed by atoms with Gasteiger partial charge in [0.1, 0.15) is 0 Å². The van der Waals surface area contributed by atoms with Gasteiger partial charge in [-0.15, -0.1) is 0 Å². The van der Waals surface area contributed by atoms with Crippen molar-refractivity contribution in [2.24, 2.45) is 12.5 Å². The lowest BCUT2D eigenvalue weighted by Gasteiger charge is -2.37. The summed E-state index contributed by atoms with van der Waals surface area (Å²) in [6, 6.07) is 8.25. The van der Waals surface area contributed by atoms with Crippen molar-refractivity contribution in [3.8, 4) is 0 Å². The predicted octanol–water partition coefficient (Wildman–Crippen LogP) is 3.34. The molecule has 1 heterocycles. The third-order valence-corrected chi connectivity index (χ3v) is 5.53. The molecule has 0 bridgehead atoms.